The summed E-state index contributed by atoms with van der Waals surface area (Å²) in [5.74, 6) is 0.0843. The van der Waals surface area contributed by atoms with Crippen molar-refractivity contribution in [2.24, 2.45) is 11.8 Å². The van der Waals surface area contributed by atoms with Gasteiger partial charge in [-0.05, 0) is 62.2 Å². The van der Waals surface area contributed by atoms with E-state index in [0.717, 1.165) is 11.1 Å². The van der Waals surface area contributed by atoms with Crippen molar-refractivity contribution in [2.45, 2.75) is 45.4 Å². The van der Waals surface area contributed by atoms with Crippen molar-refractivity contribution < 1.29 is 28.2 Å². The van der Waals surface area contributed by atoms with E-state index in [-0.39, 0.29) is 48.5 Å². The molecule has 2 fully saturated rings. The molecule has 8 nitrogen and oxygen atoms in total. The first kappa shape index (κ1) is 27.3. The summed E-state index contributed by atoms with van der Waals surface area (Å²) < 4.78 is 25.3. The van der Waals surface area contributed by atoms with Crippen molar-refractivity contribution >= 4 is 17.8 Å². The van der Waals surface area contributed by atoms with E-state index in [9.17, 15) is 18.8 Å². The summed E-state index contributed by atoms with van der Waals surface area (Å²) in [4.78, 5) is 42.7. The SMILES string of the molecule is CC(=O)CC(=O)N1C[C@@H]2C(Oc3cc(C(C)(C)NC(=O)OCc4ccccc4)cc(-c4ccc(F)cc4)n3)[C@@H]2C1. The monoisotopic (exact) mass is 545 g/mol. The Morgan fingerprint density at radius 2 is 1.70 bits per heavy atom. The van der Waals surface area contributed by atoms with Crippen molar-refractivity contribution in [3.8, 4) is 17.1 Å². The molecule has 208 valence electrons. The molecule has 2 aliphatic rings. The molecule has 2 heterocycles. The highest BCUT2D eigenvalue weighted by molar-refractivity contribution is 5.97. The molecule has 9 heteroatoms. The average Bonchev–Trinajstić information content (AvgIpc) is 3.33. The third-order valence-corrected chi connectivity index (χ3v) is 7.42. The fourth-order valence-corrected chi connectivity index (χ4v) is 5.10. The summed E-state index contributed by atoms with van der Waals surface area (Å²) in [7, 11) is 0. The molecule has 3 atom stereocenters. The van der Waals surface area contributed by atoms with Crippen LogP contribution in [-0.4, -0.2) is 46.9 Å². The third kappa shape index (κ3) is 6.30. The molecule has 3 aromatic rings. The van der Waals surface area contributed by atoms with Crippen LogP contribution < -0.4 is 10.1 Å². The first-order chi connectivity index (χ1) is 19.1. The predicted molar refractivity (Wildman–Crippen MR) is 146 cm³/mol. The molecule has 2 amide bonds. The molecular formula is C31H32FN3O5. The summed E-state index contributed by atoms with van der Waals surface area (Å²) in [6, 6.07) is 19.1. The van der Waals surface area contributed by atoms with Gasteiger partial charge < -0.3 is 19.7 Å². The highest BCUT2D eigenvalue weighted by Crippen LogP contribution is 2.48. The number of halogens is 1. The minimum Gasteiger partial charge on any atom is -0.474 e. The van der Waals surface area contributed by atoms with Gasteiger partial charge in [-0.1, -0.05) is 30.3 Å². The maximum Gasteiger partial charge on any atom is 0.408 e. The minimum absolute atomic E-state index is 0.0779. The number of piperidine rings is 1. The number of pyridine rings is 1. The molecule has 1 aliphatic heterocycles. The summed E-state index contributed by atoms with van der Waals surface area (Å²) in [5, 5.41) is 2.92. The molecule has 0 bridgehead atoms. The number of benzene rings is 2. The molecule has 0 spiro atoms. The van der Waals surface area contributed by atoms with Gasteiger partial charge in [0.15, 0.2) is 0 Å². The molecule has 1 N–H and O–H groups in total. The van der Waals surface area contributed by atoms with Crippen molar-refractivity contribution in [3.05, 3.63) is 83.7 Å². The second-order valence-electron chi connectivity index (χ2n) is 11.0. The van der Waals surface area contributed by atoms with E-state index in [4.69, 9.17) is 9.47 Å². The topological polar surface area (TPSA) is 97.8 Å². The number of ether oxygens (including phenoxy) is 2. The third-order valence-electron chi connectivity index (χ3n) is 7.42. The van der Waals surface area contributed by atoms with Crippen molar-refractivity contribution in [1.82, 2.24) is 15.2 Å². The van der Waals surface area contributed by atoms with Gasteiger partial charge >= 0.3 is 6.09 Å². The largest absolute Gasteiger partial charge is 0.474 e. The quantitative estimate of drug-likeness (QED) is 0.386. The number of nitrogens with zero attached hydrogens (tertiary/aromatic N) is 2. The molecule has 40 heavy (non-hydrogen) atoms. The average molecular weight is 546 g/mol. The van der Waals surface area contributed by atoms with Crippen LogP contribution in [0.5, 0.6) is 5.88 Å². The Hall–Kier alpha value is -4.27. The van der Waals surface area contributed by atoms with Crippen molar-refractivity contribution in [2.75, 3.05) is 13.1 Å². The fourth-order valence-electron chi connectivity index (χ4n) is 5.10. The first-order valence-corrected chi connectivity index (χ1v) is 13.3. The van der Waals surface area contributed by atoms with E-state index in [1.54, 1.807) is 23.1 Å². The maximum absolute atomic E-state index is 13.6. The van der Waals surface area contributed by atoms with Gasteiger partial charge in [0.2, 0.25) is 11.8 Å². The number of Topliss-reactive ketones (excluding diaryl/α,β-unsaturated/α-hetero) is 1. The molecule has 1 saturated heterocycles. The van der Waals surface area contributed by atoms with Gasteiger partial charge in [-0.15, -0.1) is 0 Å². The Morgan fingerprint density at radius 1 is 1.02 bits per heavy atom. The Morgan fingerprint density at radius 3 is 2.35 bits per heavy atom. The number of fused-ring (bicyclic) bond motifs is 1. The maximum atomic E-state index is 13.6. The van der Waals surface area contributed by atoms with E-state index in [0.29, 0.717) is 30.2 Å². The zero-order valence-electron chi connectivity index (χ0n) is 22.7. The summed E-state index contributed by atoms with van der Waals surface area (Å²) >= 11 is 0. The number of nitrogens with one attached hydrogen (secondary N) is 1. The Bertz CT molecular complexity index is 1400. The molecule has 5 rings (SSSR count). The molecule has 1 saturated carbocycles. The zero-order chi connectivity index (χ0) is 28.4. The molecule has 1 unspecified atom stereocenters. The number of ketones is 1. The smallest absolute Gasteiger partial charge is 0.408 e. The van der Waals surface area contributed by atoms with E-state index in [1.807, 2.05) is 50.2 Å². The molecule has 1 aliphatic carbocycles. The second-order valence-corrected chi connectivity index (χ2v) is 11.0. The molecular weight excluding hydrogens is 513 g/mol. The second kappa shape index (κ2) is 11.1. The lowest BCUT2D eigenvalue weighted by atomic mass is 9.93. The lowest BCUT2D eigenvalue weighted by Crippen LogP contribution is -2.41. The van der Waals surface area contributed by atoms with Crippen LogP contribution in [0.1, 0.15) is 38.3 Å². The zero-order valence-corrected chi connectivity index (χ0v) is 22.7. The van der Waals surface area contributed by atoms with Crippen molar-refractivity contribution in [3.63, 3.8) is 0 Å². The van der Waals surface area contributed by atoms with E-state index in [2.05, 4.69) is 10.3 Å². The molecule has 1 aromatic heterocycles. The van der Waals surface area contributed by atoms with Crippen LogP contribution in [0.4, 0.5) is 9.18 Å². The number of hydrogen-bond donors (Lipinski definition) is 1. The van der Waals surface area contributed by atoms with Gasteiger partial charge in [0.25, 0.3) is 0 Å². The summed E-state index contributed by atoms with van der Waals surface area (Å²) in [6.07, 6.45) is -0.744. The molecule has 2 aromatic carbocycles. The Kier molecular flexibility index (Phi) is 7.56. The Labute approximate surface area is 232 Å². The van der Waals surface area contributed by atoms with Gasteiger partial charge in [0.1, 0.15) is 24.3 Å². The van der Waals surface area contributed by atoms with Gasteiger partial charge in [-0.25, -0.2) is 14.2 Å². The van der Waals surface area contributed by atoms with E-state index >= 15 is 0 Å². The van der Waals surface area contributed by atoms with E-state index < -0.39 is 11.6 Å². The van der Waals surface area contributed by atoms with Gasteiger partial charge in [0.05, 0.1) is 17.7 Å². The van der Waals surface area contributed by atoms with Crippen LogP contribution in [0, 0.1) is 17.7 Å². The van der Waals surface area contributed by atoms with E-state index in [1.165, 1.54) is 19.1 Å². The van der Waals surface area contributed by atoms with Crippen LogP contribution in [0.25, 0.3) is 11.3 Å². The Balaban J connectivity index is 1.31. The number of carbonyl (C=O) groups excluding carboxylic acids is 3. The van der Waals surface area contributed by atoms with Gasteiger partial charge in [0, 0.05) is 36.6 Å². The fraction of sp³-hybridized carbons (Fsp3) is 0.355. The lowest BCUT2D eigenvalue weighted by Gasteiger charge is -2.27. The highest BCUT2D eigenvalue weighted by atomic mass is 19.1. The summed E-state index contributed by atoms with van der Waals surface area (Å²) in [6.45, 7) is 6.37. The molecule has 0 radical (unpaired) electrons. The normalized spacial score (nSPS) is 19.5. The summed E-state index contributed by atoms with van der Waals surface area (Å²) in [5.41, 5.74) is 2.04. The van der Waals surface area contributed by atoms with Gasteiger partial charge in [-0.3, -0.25) is 9.59 Å². The van der Waals surface area contributed by atoms with Gasteiger partial charge in [-0.2, -0.15) is 0 Å². The lowest BCUT2D eigenvalue weighted by molar-refractivity contribution is -0.134. The van der Waals surface area contributed by atoms with Crippen LogP contribution in [-0.2, 0) is 26.5 Å². The van der Waals surface area contributed by atoms with Crippen LogP contribution >= 0.6 is 0 Å². The van der Waals surface area contributed by atoms with Crippen LogP contribution in [0.3, 0.4) is 0 Å². The predicted octanol–water partition coefficient (Wildman–Crippen LogP) is 4.86. The minimum atomic E-state index is -0.848. The highest BCUT2D eigenvalue weighted by Gasteiger charge is 2.59. The number of alkyl carbamates (subject to hydrolysis) is 1. The first-order valence-electron chi connectivity index (χ1n) is 13.3. The van der Waals surface area contributed by atoms with Crippen LogP contribution in [0.2, 0.25) is 0 Å². The number of rotatable bonds is 9. The van der Waals surface area contributed by atoms with Crippen molar-refractivity contribution in [1.29, 1.82) is 0 Å². The number of carbonyl (C=O) groups is 3. The number of likely N-dealkylation sites (tertiary alicyclic amines) is 1. The number of amides is 2. The van der Waals surface area contributed by atoms with Crippen LogP contribution in [0.15, 0.2) is 66.7 Å². The standard InChI is InChI=1S/C31H32FN3O5/c1-19(36)13-28(37)35-16-24-25(17-35)29(24)40-27-15-22(14-26(33-27)21-9-11-23(32)12-10-21)31(2,3)34-30(38)39-18-20-7-5-4-6-8-20/h4-12,14-15,24-25,29H,13,16-18H2,1-3H3,(H,34,38)/t24-,25+,29?. The number of hydrogen-bond acceptors (Lipinski definition) is 6. The number of aromatic nitrogens is 1.